The maximum absolute atomic E-state index is 9.10. The SMILES string of the molecule is CN(C)c1cc(Nc2ncc(-c3c(Cl)cc(C#N)cc3Cl)c3nc[nH]c23)ncn1. The number of imidazole rings is 1. The highest BCUT2D eigenvalue weighted by molar-refractivity contribution is 6.39. The molecule has 0 fully saturated rings. The predicted octanol–water partition coefficient (Wildman–Crippen LogP) is 4.40. The highest BCUT2D eigenvalue weighted by atomic mass is 35.5. The van der Waals surface area contributed by atoms with Crippen molar-refractivity contribution in [2.24, 2.45) is 0 Å². The predicted molar refractivity (Wildman–Crippen MR) is 114 cm³/mol. The van der Waals surface area contributed by atoms with Gasteiger partial charge in [-0.3, -0.25) is 0 Å². The molecule has 10 heteroatoms. The van der Waals surface area contributed by atoms with Crippen LogP contribution in [0.1, 0.15) is 5.56 Å². The maximum atomic E-state index is 9.10. The minimum absolute atomic E-state index is 0.354. The highest BCUT2D eigenvalue weighted by Crippen LogP contribution is 2.39. The Morgan fingerprint density at radius 1 is 1.07 bits per heavy atom. The van der Waals surface area contributed by atoms with Crippen molar-refractivity contribution < 1.29 is 0 Å². The summed E-state index contributed by atoms with van der Waals surface area (Å²) in [6.07, 6.45) is 4.68. The third-order valence-electron chi connectivity index (χ3n) is 4.25. The Labute approximate surface area is 176 Å². The normalized spacial score (nSPS) is 10.7. The summed E-state index contributed by atoms with van der Waals surface area (Å²) in [5.74, 6) is 1.90. The molecule has 0 amide bonds. The second kappa shape index (κ2) is 7.54. The van der Waals surface area contributed by atoms with Crippen molar-refractivity contribution in [3.05, 3.63) is 52.7 Å². The number of H-pyrrole nitrogens is 1. The largest absolute Gasteiger partial charge is 0.363 e. The van der Waals surface area contributed by atoms with E-state index in [1.807, 2.05) is 31.1 Å². The molecule has 0 unspecified atom stereocenters. The molecular formula is C19H14Cl2N8. The van der Waals surface area contributed by atoms with Crippen molar-refractivity contribution >= 4 is 51.7 Å². The van der Waals surface area contributed by atoms with Gasteiger partial charge >= 0.3 is 0 Å². The van der Waals surface area contributed by atoms with Crippen LogP contribution in [0.15, 0.2) is 37.1 Å². The minimum Gasteiger partial charge on any atom is -0.363 e. The number of nitrogens with zero attached hydrogens (tertiary/aromatic N) is 6. The van der Waals surface area contributed by atoms with Crippen LogP contribution in [-0.4, -0.2) is 39.0 Å². The van der Waals surface area contributed by atoms with Crippen molar-refractivity contribution in [1.82, 2.24) is 24.9 Å². The molecule has 0 bridgehead atoms. The van der Waals surface area contributed by atoms with Crippen molar-refractivity contribution in [3.63, 3.8) is 0 Å². The van der Waals surface area contributed by atoms with Gasteiger partial charge in [0.15, 0.2) is 5.82 Å². The summed E-state index contributed by atoms with van der Waals surface area (Å²) < 4.78 is 0. The number of hydrogen-bond donors (Lipinski definition) is 2. The van der Waals surface area contributed by atoms with Crippen molar-refractivity contribution in [3.8, 4) is 17.2 Å². The average Bonchev–Trinajstić information content (AvgIpc) is 3.19. The molecule has 0 atom stereocenters. The second-order valence-electron chi connectivity index (χ2n) is 6.35. The Morgan fingerprint density at radius 3 is 2.52 bits per heavy atom. The number of rotatable bonds is 4. The lowest BCUT2D eigenvalue weighted by Gasteiger charge is -2.13. The molecular weight excluding hydrogens is 411 g/mol. The van der Waals surface area contributed by atoms with Gasteiger partial charge in [0.2, 0.25) is 0 Å². The Balaban J connectivity index is 1.80. The van der Waals surface area contributed by atoms with Gasteiger partial charge in [-0.1, -0.05) is 23.2 Å². The van der Waals surface area contributed by atoms with Crippen LogP contribution in [0, 0.1) is 11.3 Å². The molecule has 4 aromatic rings. The lowest BCUT2D eigenvalue weighted by atomic mass is 10.0. The number of benzene rings is 1. The first-order chi connectivity index (χ1) is 14.0. The van der Waals surface area contributed by atoms with E-state index in [0.717, 1.165) is 5.82 Å². The first-order valence-corrected chi connectivity index (χ1v) is 9.21. The average molecular weight is 425 g/mol. The van der Waals surface area contributed by atoms with E-state index in [1.54, 1.807) is 24.7 Å². The van der Waals surface area contributed by atoms with Crippen LogP contribution in [-0.2, 0) is 0 Å². The summed E-state index contributed by atoms with van der Waals surface area (Å²) in [5, 5.41) is 13.0. The molecule has 0 aliphatic rings. The van der Waals surface area contributed by atoms with Crippen LogP contribution in [0.4, 0.5) is 17.5 Å². The summed E-state index contributed by atoms with van der Waals surface area (Å²) >= 11 is 12.8. The van der Waals surface area contributed by atoms with E-state index in [0.29, 0.717) is 49.4 Å². The van der Waals surface area contributed by atoms with Crippen LogP contribution < -0.4 is 10.2 Å². The molecule has 3 heterocycles. The van der Waals surface area contributed by atoms with E-state index >= 15 is 0 Å². The van der Waals surface area contributed by atoms with Gasteiger partial charge in [-0.2, -0.15) is 5.26 Å². The third-order valence-corrected chi connectivity index (χ3v) is 4.85. The molecule has 29 heavy (non-hydrogen) atoms. The summed E-state index contributed by atoms with van der Waals surface area (Å²) in [4.78, 5) is 22.3. The van der Waals surface area contributed by atoms with Crippen molar-refractivity contribution in [2.75, 3.05) is 24.3 Å². The highest BCUT2D eigenvalue weighted by Gasteiger charge is 2.18. The lowest BCUT2D eigenvalue weighted by molar-refractivity contribution is 1.04. The van der Waals surface area contributed by atoms with E-state index in [2.05, 4.69) is 30.2 Å². The van der Waals surface area contributed by atoms with Crippen LogP contribution in [0.3, 0.4) is 0 Å². The van der Waals surface area contributed by atoms with Gasteiger partial charge in [-0.25, -0.2) is 19.9 Å². The van der Waals surface area contributed by atoms with E-state index in [1.165, 1.54) is 6.33 Å². The molecule has 8 nitrogen and oxygen atoms in total. The molecule has 0 aliphatic carbocycles. The molecule has 0 aliphatic heterocycles. The topological polar surface area (TPSA) is 106 Å². The van der Waals surface area contributed by atoms with Crippen LogP contribution >= 0.6 is 23.2 Å². The number of fused-ring (bicyclic) bond motifs is 1. The Bertz CT molecular complexity index is 1240. The molecule has 2 N–H and O–H groups in total. The molecule has 4 rings (SSSR count). The molecule has 0 radical (unpaired) electrons. The third kappa shape index (κ3) is 3.53. The van der Waals surface area contributed by atoms with Crippen LogP contribution in [0.2, 0.25) is 10.0 Å². The van der Waals surface area contributed by atoms with Gasteiger partial charge in [0.05, 0.1) is 28.0 Å². The molecule has 3 aromatic heterocycles. The Kier molecular flexibility index (Phi) is 4.92. The lowest BCUT2D eigenvalue weighted by Crippen LogP contribution is -2.11. The first kappa shape index (κ1) is 18.9. The number of halogens is 2. The minimum atomic E-state index is 0.354. The number of aromatic nitrogens is 5. The number of hydrogen-bond acceptors (Lipinski definition) is 7. The number of nitriles is 1. The Hall–Kier alpha value is -3.41. The van der Waals surface area contributed by atoms with Crippen molar-refractivity contribution in [1.29, 1.82) is 5.26 Å². The maximum Gasteiger partial charge on any atom is 0.157 e. The van der Waals surface area contributed by atoms with E-state index in [4.69, 9.17) is 28.5 Å². The van der Waals surface area contributed by atoms with Gasteiger partial charge in [0.1, 0.15) is 29.0 Å². The van der Waals surface area contributed by atoms with Gasteiger partial charge in [-0.15, -0.1) is 0 Å². The van der Waals surface area contributed by atoms with Crippen molar-refractivity contribution in [2.45, 2.75) is 0 Å². The number of pyridine rings is 1. The smallest absolute Gasteiger partial charge is 0.157 e. The zero-order valence-electron chi connectivity index (χ0n) is 15.4. The summed E-state index contributed by atoms with van der Waals surface area (Å²) in [6.45, 7) is 0. The molecule has 1 aromatic carbocycles. The standard InChI is InChI=1S/C19H14Cl2N8/c1-29(2)15-5-14(24-8-25-15)28-19-18-17(26-9-27-18)11(7-23-19)16-12(20)3-10(6-22)4-13(16)21/h3-5,7-9H,1-2H3,(H,26,27)(H,23,24,25,28). The van der Waals surface area contributed by atoms with Gasteiger partial charge in [0, 0.05) is 37.5 Å². The Morgan fingerprint density at radius 2 is 1.83 bits per heavy atom. The zero-order chi connectivity index (χ0) is 20.5. The summed E-state index contributed by atoms with van der Waals surface area (Å²) in [5.41, 5.74) is 2.92. The van der Waals surface area contributed by atoms with Gasteiger partial charge < -0.3 is 15.2 Å². The molecule has 144 valence electrons. The first-order valence-electron chi connectivity index (χ1n) is 8.46. The van der Waals surface area contributed by atoms with Crippen LogP contribution in [0.5, 0.6) is 0 Å². The van der Waals surface area contributed by atoms with Crippen LogP contribution in [0.25, 0.3) is 22.2 Å². The summed E-state index contributed by atoms with van der Waals surface area (Å²) in [7, 11) is 3.80. The fourth-order valence-corrected chi connectivity index (χ4v) is 3.58. The van der Waals surface area contributed by atoms with Gasteiger partial charge in [0.25, 0.3) is 0 Å². The fraction of sp³-hybridized carbons (Fsp3) is 0.105. The monoisotopic (exact) mass is 424 g/mol. The van der Waals surface area contributed by atoms with E-state index < -0.39 is 0 Å². The number of aromatic amines is 1. The summed E-state index contributed by atoms with van der Waals surface area (Å²) in [6, 6.07) is 6.98. The van der Waals surface area contributed by atoms with Gasteiger partial charge in [-0.05, 0) is 12.1 Å². The fourth-order valence-electron chi connectivity index (χ4n) is 2.89. The molecule has 0 saturated carbocycles. The quantitative estimate of drug-likeness (QED) is 0.499. The zero-order valence-corrected chi connectivity index (χ0v) is 16.9. The van der Waals surface area contributed by atoms with E-state index in [9.17, 15) is 0 Å². The number of anilines is 3. The molecule has 0 spiro atoms. The number of nitrogens with one attached hydrogen (secondary N) is 2. The van der Waals surface area contributed by atoms with E-state index in [-0.39, 0.29) is 0 Å². The molecule has 0 saturated heterocycles. The second-order valence-corrected chi connectivity index (χ2v) is 7.17.